The highest BCUT2D eigenvalue weighted by molar-refractivity contribution is 5.95. The van der Waals surface area contributed by atoms with E-state index in [1.54, 1.807) is 32.3 Å². The number of pyridine rings is 1. The van der Waals surface area contributed by atoms with E-state index in [0.29, 0.717) is 30.8 Å². The molecule has 28 heavy (non-hydrogen) atoms. The minimum atomic E-state index is -1.10. The number of nitrogens with two attached hydrogens (primary N) is 1. The molecule has 3 heterocycles. The summed E-state index contributed by atoms with van der Waals surface area (Å²) in [5.74, 6) is 6.07. The number of nitrogen functional groups attached to an aromatic ring is 1. The van der Waals surface area contributed by atoms with E-state index in [1.807, 2.05) is 23.8 Å². The number of ketones is 1. The maximum Gasteiger partial charge on any atom is 0.220 e. The first-order valence-electron chi connectivity index (χ1n) is 9.12. The molecule has 0 aliphatic carbocycles. The fourth-order valence-corrected chi connectivity index (χ4v) is 2.81. The van der Waals surface area contributed by atoms with Crippen LogP contribution in [0.15, 0.2) is 30.7 Å². The van der Waals surface area contributed by atoms with Crippen molar-refractivity contribution < 1.29 is 9.90 Å². The number of hydrogen-bond donors (Lipinski definition) is 2. The summed E-state index contributed by atoms with van der Waals surface area (Å²) in [4.78, 5) is 24.4. The monoisotopic (exact) mass is 377 g/mol. The number of rotatable bonds is 5. The van der Waals surface area contributed by atoms with Gasteiger partial charge in [-0.2, -0.15) is 0 Å². The lowest BCUT2D eigenvalue weighted by atomic mass is 10.1. The lowest BCUT2D eigenvalue weighted by Gasteiger charge is -2.06. The second kappa shape index (κ2) is 7.79. The zero-order chi connectivity index (χ0) is 20.3. The minimum Gasteiger partial charge on any atom is -0.378 e. The standard InChI is InChI=1S/C21H23N5O2/c1-4-15(27)7-10-26-13-17(18-6-9-23-20(22)25-18)16-11-14(24-12-19(16)26)5-8-21(2,3)28/h6,9,11-13,28H,4,7,10H2,1-3H3,(H2,22,23,25). The zero-order valence-electron chi connectivity index (χ0n) is 16.2. The fourth-order valence-electron chi connectivity index (χ4n) is 2.81. The average molecular weight is 377 g/mol. The van der Waals surface area contributed by atoms with Crippen molar-refractivity contribution in [3.8, 4) is 23.1 Å². The number of carbonyl (C=O) groups excluding carboxylic acids is 1. The van der Waals surface area contributed by atoms with Crippen molar-refractivity contribution >= 4 is 22.6 Å². The SMILES string of the molecule is CCC(=O)CCn1cc(-c2ccnc(N)n2)c2cc(C#CC(C)(C)O)ncc21. The second-order valence-corrected chi connectivity index (χ2v) is 7.07. The van der Waals surface area contributed by atoms with Crippen molar-refractivity contribution in [3.05, 3.63) is 36.4 Å². The number of anilines is 1. The lowest BCUT2D eigenvalue weighted by Crippen LogP contribution is -2.14. The Morgan fingerprint density at radius 3 is 2.82 bits per heavy atom. The molecular weight excluding hydrogens is 354 g/mol. The number of nitrogens with zero attached hydrogens (tertiary/aromatic N) is 4. The van der Waals surface area contributed by atoms with Gasteiger partial charge in [0.05, 0.1) is 17.4 Å². The van der Waals surface area contributed by atoms with Gasteiger partial charge in [0.1, 0.15) is 17.1 Å². The van der Waals surface area contributed by atoms with Crippen LogP contribution in [0.3, 0.4) is 0 Å². The van der Waals surface area contributed by atoms with Crippen molar-refractivity contribution in [2.75, 3.05) is 5.73 Å². The van der Waals surface area contributed by atoms with Crippen LogP contribution < -0.4 is 5.73 Å². The summed E-state index contributed by atoms with van der Waals surface area (Å²) in [5, 5.41) is 10.7. The summed E-state index contributed by atoms with van der Waals surface area (Å²) in [6.07, 6.45) is 6.26. The number of Topliss-reactive ketones (excluding diaryl/α,β-unsaturated/α-hetero) is 1. The Labute approximate surface area is 163 Å². The van der Waals surface area contributed by atoms with Gasteiger partial charge in [0.25, 0.3) is 0 Å². The van der Waals surface area contributed by atoms with Gasteiger partial charge < -0.3 is 15.4 Å². The van der Waals surface area contributed by atoms with Crippen LogP contribution in [0.4, 0.5) is 5.95 Å². The van der Waals surface area contributed by atoms with Crippen LogP contribution in [0, 0.1) is 11.8 Å². The van der Waals surface area contributed by atoms with Gasteiger partial charge in [0.2, 0.25) is 5.95 Å². The van der Waals surface area contributed by atoms with E-state index in [2.05, 4.69) is 26.8 Å². The summed E-state index contributed by atoms with van der Waals surface area (Å²) in [6, 6.07) is 3.65. The van der Waals surface area contributed by atoms with Crippen molar-refractivity contribution in [3.63, 3.8) is 0 Å². The molecule has 0 aromatic carbocycles. The van der Waals surface area contributed by atoms with Crippen LogP contribution in [-0.4, -0.2) is 36.0 Å². The smallest absolute Gasteiger partial charge is 0.220 e. The Morgan fingerprint density at radius 1 is 1.36 bits per heavy atom. The quantitative estimate of drug-likeness (QED) is 0.662. The Balaban J connectivity index is 2.12. The molecule has 0 saturated heterocycles. The highest BCUT2D eigenvalue weighted by Gasteiger charge is 2.14. The fraction of sp³-hybridized carbons (Fsp3) is 0.333. The molecule has 144 valence electrons. The summed E-state index contributed by atoms with van der Waals surface area (Å²) >= 11 is 0. The molecule has 0 spiro atoms. The van der Waals surface area contributed by atoms with Crippen LogP contribution in [0.1, 0.15) is 39.3 Å². The van der Waals surface area contributed by atoms with Crippen LogP contribution in [-0.2, 0) is 11.3 Å². The second-order valence-electron chi connectivity index (χ2n) is 7.07. The molecule has 3 rings (SSSR count). The molecule has 3 aromatic heterocycles. The Hall–Kier alpha value is -3.24. The Morgan fingerprint density at radius 2 is 2.14 bits per heavy atom. The molecule has 0 saturated carbocycles. The summed E-state index contributed by atoms with van der Waals surface area (Å²) in [6.45, 7) is 5.66. The highest BCUT2D eigenvalue weighted by Crippen LogP contribution is 2.30. The van der Waals surface area contributed by atoms with Crippen LogP contribution in [0.5, 0.6) is 0 Å². The maximum absolute atomic E-state index is 11.8. The maximum atomic E-state index is 11.8. The number of hydrogen-bond acceptors (Lipinski definition) is 6. The number of fused-ring (bicyclic) bond motifs is 1. The third-order valence-electron chi connectivity index (χ3n) is 4.24. The van der Waals surface area contributed by atoms with Gasteiger partial charge in [-0.1, -0.05) is 12.8 Å². The third-order valence-corrected chi connectivity index (χ3v) is 4.24. The Bertz CT molecular complexity index is 1080. The van der Waals surface area contributed by atoms with Crippen LogP contribution in [0.2, 0.25) is 0 Å². The molecule has 3 N–H and O–H groups in total. The van der Waals surface area contributed by atoms with Gasteiger partial charge in [0, 0.05) is 42.7 Å². The van der Waals surface area contributed by atoms with E-state index in [1.165, 1.54) is 0 Å². The molecule has 0 bridgehead atoms. The molecule has 0 amide bonds. The van der Waals surface area contributed by atoms with E-state index in [-0.39, 0.29) is 11.7 Å². The summed E-state index contributed by atoms with van der Waals surface area (Å²) in [7, 11) is 0. The van der Waals surface area contributed by atoms with Crippen molar-refractivity contribution in [1.82, 2.24) is 19.5 Å². The lowest BCUT2D eigenvalue weighted by molar-refractivity contribution is -0.118. The van der Waals surface area contributed by atoms with Gasteiger partial charge in [-0.15, -0.1) is 0 Å². The van der Waals surface area contributed by atoms with Gasteiger partial charge in [-0.05, 0) is 31.9 Å². The summed E-state index contributed by atoms with van der Waals surface area (Å²) in [5.41, 5.74) is 7.62. The number of aromatic nitrogens is 4. The molecule has 0 atom stereocenters. The van der Waals surface area contributed by atoms with E-state index in [9.17, 15) is 9.90 Å². The first-order chi connectivity index (χ1) is 13.3. The molecular formula is C21H23N5O2. The normalized spacial score (nSPS) is 11.3. The first kappa shape index (κ1) is 19.5. The van der Waals surface area contributed by atoms with E-state index >= 15 is 0 Å². The van der Waals surface area contributed by atoms with E-state index < -0.39 is 5.60 Å². The van der Waals surface area contributed by atoms with Crippen molar-refractivity contribution in [1.29, 1.82) is 0 Å². The topological polar surface area (TPSA) is 107 Å². The van der Waals surface area contributed by atoms with Crippen molar-refractivity contribution in [2.45, 2.75) is 45.8 Å². The molecule has 0 aliphatic heterocycles. The van der Waals surface area contributed by atoms with E-state index in [4.69, 9.17) is 5.73 Å². The largest absolute Gasteiger partial charge is 0.378 e. The third kappa shape index (κ3) is 4.53. The molecule has 7 heteroatoms. The molecule has 0 unspecified atom stereocenters. The van der Waals surface area contributed by atoms with Crippen molar-refractivity contribution in [2.24, 2.45) is 0 Å². The molecule has 0 fully saturated rings. The molecule has 3 aromatic rings. The van der Waals surface area contributed by atoms with Gasteiger partial charge in [-0.3, -0.25) is 4.79 Å². The first-order valence-corrected chi connectivity index (χ1v) is 9.12. The van der Waals surface area contributed by atoms with Crippen LogP contribution >= 0.6 is 0 Å². The Kier molecular flexibility index (Phi) is 5.43. The molecule has 0 radical (unpaired) electrons. The predicted octanol–water partition coefficient (Wildman–Crippen LogP) is 2.57. The predicted molar refractivity (Wildman–Crippen MR) is 108 cm³/mol. The van der Waals surface area contributed by atoms with Gasteiger partial charge in [0.15, 0.2) is 0 Å². The minimum absolute atomic E-state index is 0.190. The van der Waals surface area contributed by atoms with Crippen LogP contribution in [0.25, 0.3) is 22.2 Å². The van der Waals surface area contributed by atoms with Gasteiger partial charge >= 0.3 is 0 Å². The number of carbonyl (C=O) groups is 1. The average Bonchev–Trinajstić information content (AvgIpc) is 3.02. The number of aryl methyl sites for hydroxylation is 1. The summed E-state index contributed by atoms with van der Waals surface area (Å²) < 4.78 is 2.00. The number of aliphatic hydroxyl groups is 1. The molecule has 0 aliphatic rings. The van der Waals surface area contributed by atoms with Gasteiger partial charge in [-0.25, -0.2) is 15.0 Å². The van der Waals surface area contributed by atoms with E-state index in [0.717, 1.165) is 16.5 Å². The zero-order valence-corrected chi connectivity index (χ0v) is 16.2. The highest BCUT2D eigenvalue weighted by atomic mass is 16.3. The molecule has 7 nitrogen and oxygen atoms in total.